The number of nitrogens with one attached hydrogen (secondary N) is 1. The average Bonchev–Trinajstić information content (AvgIpc) is 3.01. The highest BCUT2D eigenvalue weighted by Gasteiger charge is 2.15. The van der Waals surface area contributed by atoms with Crippen LogP contribution in [0.3, 0.4) is 0 Å². The summed E-state index contributed by atoms with van der Waals surface area (Å²) in [7, 11) is 0. The highest BCUT2D eigenvalue weighted by atomic mass is 35.5. The number of hydrogen-bond donors (Lipinski definition) is 1. The number of halogens is 1. The zero-order chi connectivity index (χ0) is 19.1. The lowest BCUT2D eigenvalue weighted by Gasteiger charge is -2.07. The number of rotatable bonds is 4. The lowest BCUT2D eigenvalue weighted by atomic mass is 10.1. The molecule has 0 amide bonds. The second kappa shape index (κ2) is 6.88. The standard InChI is InChI=1S/C18H12ClN3O3S2/c19-11-3-1-10(2-4-11)7-8-21-17(23)16-15(20-18(21)26)13-9-12(22(24)25)5-6-14(13)27-16/h1-6,9H,7-8H2,(H,20,26). The van der Waals surface area contributed by atoms with Crippen molar-refractivity contribution in [2.24, 2.45) is 0 Å². The van der Waals surface area contributed by atoms with Crippen molar-refractivity contribution in [2.75, 3.05) is 0 Å². The molecule has 4 rings (SSSR count). The van der Waals surface area contributed by atoms with Crippen molar-refractivity contribution in [2.45, 2.75) is 13.0 Å². The molecule has 0 saturated heterocycles. The molecule has 0 fully saturated rings. The summed E-state index contributed by atoms with van der Waals surface area (Å²) in [5.41, 5.74) is 1.39. The van der Waals surface area contributed by atoms with Gasteiger partial charge in [0.15, 0.2) is 4.77 Å². The van der Waals surface area contributed by atoms with Crippen LogP contribution in [0, 0.1) is 14.9 Å². The normalized spacial score (nSPS) is 11.3. The minimum Gasteiger partial charge on any atom is -0.330 e. The molecule has 2 aromatic heterocycles. The molecule has 0 bridgehead atoms. The van der Waals surface area contributed by atoms with E-state index in [1.54, 1.807) is 6.07 Å². The van der Waals surface area contributed by atoms with E-state index in [9.17, 15) is 14.9 Å². The fraction of sp³-hybridized carbons (Fsp3) is 0.111. The first-order chi connectivity index (χ1) is 12.9. The molecule has 0 aliphatic rings. The van der Waals surface area contributed by atoms with Gasteiger partial charge in [0.05, 0.1) is 10.4 Å². The van der Waals surface area contributed by atoms with Crippen molar-refractivity contribution >= 4 is 61.1 Å². The molecule has 27 heavy (non-hydrogen) atoms. The number of non-ortho nitro benzene ring substituents is 1. The molecule has 4 aromatic rings. The van der Waals surface area contributed by atoms with Crippen molar-refractivity contribution < 1.29 is 4.92 Å². The van der Waals surface area contributed by atoms with Crippen LogP contribution in [0.1, 0.15) is 5.56 Å². The van der Waals surface area contributed by atoms with E-state index in [4.69, 9.17) is 23.8 Å². The zero-order valence-electron chi connectivity index (χ0n) is 13.8. The fourth-order valence-corrected chi connectivity index (χ4v) is 4.45. The highest BCUT2D eigenvalue weighted by molar-refractivity contribution is 7.71. The van der Waals surface area contributed by atoms with Crippen LogP contribution >= 0.6 is 35.2 Å². The summed E-state index contributed by atoms with van der Waals surface area (Å²) >= 11 is 12.6. The second-order valence-electron chi connectivity index (χ2n) is 6.01. The Morgan fingerprint density at radius 2 is 1.96 bits per heavy atom. The highest BCUT2D eigenvalue weighted by Crippen LogP contribution is 2.33. The Bertz CT molecular complexity index is 1310. The Balaban J connectivity index is 1.79. The van der Waals surface area contributed by atoms with Crippen molar-refractivity contribution in [3.05, 3.63) is 78.3 Å². The van der Waals surface area contributed by atoms with Gasteiger partial charge in [-0.15, -0.1) is 11.3 Å². The molecule has 0 atom stereocenters. The first-order valence-electron chi connectivity index (χ1n) is 8.02. The summed E-state index contributed by atoms with van der Waals surface area (Å²) < 4.78 is 3.13. The molecule has 0 aliphatic carbocycles. The Labute approximate surface area is 166 Å². The fourth-order valence-electron chi connectivity index (χ4n) is 2.96. The number of H-pyrrole nitrogens is 1. The first kappa shape index (κ1) is 17.8. The van der Waals surface area contributed by atoms with E-state index in [1.165, 1.54) is 28.0 Å². The number of fused-ring (bicyclic) bond motifs is 3. The monoisotopic (exact) mass is 417 g/mol. The molecule has 0 aliphatic heterocycles. The number of thiophene rings is 1. The maximum atomic E-state index is 12.9. The molecule has 2 aromatic carbocycles. The molecule has 136 valence electrons. The van der Waals surface area contributed by atoms with Crippen LogP contribution < -0.4 is 5.56 Å². The second-order valence-corrected chi connectivity index (χ2v) is 7.88. The van der Waals surface area contributed by atoms with Gasteiger partial charge in [0.1, 0.15) is 4.70 Å². The summed E-state index contributed by atoms with van der Waals surface area (Å²) in [6, 6.07) is 12.0. The van der Waals surface area contributed by atoms with Crippen LogP contribution in [0.25, 0.3) is 20.3 Å². The molecule has 2 heterocycles. The van der Waals surface area contributed by atoms with E-state index in [2.05, 4.69) is 4.98 Å². The SMILES string of the molecule is O=c1c2sc3ccc([N+](=O)[O-])cc3c2[nH]c(=S)n1CCc1ccc(Cl)cc1. The molecular weight excluding hydrogens is 406 g/mol. The summed E-state index contributed by atoms with van der Waals surface area (Å²) in [5.74, 6) is 0. The number of aryl methyl sites for hydroxylation is 1. The van der Waals surface area contributed by atoms with E-state index in [-0.39, 0.29) is 11.2 Å². The third kappa shape index (κ3) is 3.27. The Kier molecular flexibility index (Phi) is 4.55. The molecule has 1 N–H and O–H groups in total. The molecular formula is C18H12ClN3O3S2. The first-order valence-corrected chi connectivity index (χ1v) is 9.62. The van der Waals surface area contributed by atoms with Gasteiger partial charge >= 0.3 is 0 Å². The number of aromatic amines is 1. The summed E-state index contributed by atoms with van der Waals surface area (Å²) in [5, 5.41) is 12.3. The minimum atomic E-state index is -0.453. The quantitative estimate of drug-likeness (QED) is 0.285. The van der Waals surface area contributed by atoms with Gasteiger partial charge in [-0.1, -0.05) is 23.7 Å². The zero-order valence-corrected chi connectivity index (χ0v) is 16.2. The van der Waals surface area contributed by atoms with E-state index in [0.29, 0.717) is 38.4 Å². The minimum absolute atomic E-state index is 0.0200. The number of aromatic nitrogens is 2. The van der Waals surface area contributed by atoms with Gasteiger partial charge in [0.2, 0.25) is 0 Å². The van der Waals surface area contributed by atoms with Gasteiger partial charge in [0, 0.05) is 33.8 Å². The van der Waals surface area contributed by atoms with Crippen molar-refractivity contribution in [1.29, 1.82) is 0 Å². The molecule has 0 spiro atoms. The largest absolute Gasteiger partial charge is 0.330 e. The predicted molar refractivity (Wildman–Crippen MR) is 111 cm³/mol. The van der Waals surface area contributed by atoms with Crippen LogP contribution in [0.15, 0.2) is 47.3 Å². The van der Waals surface area contributed by atoms with Gasteiger partial charge < -0.3 is 4.98 Å². The molecule has 9 heteroatoms. The maximum Gasteiger partial charge on any atom is 0.272 e. The van der Waals surface area contributed by atoms with Crippen LogP contribution in [-0.2, 0) is 13.0 Å². The summed E-state index contributed by atoms with van der Waals surface area (Å²) in [6.45, 7) is 0.431. The summed E-state index contributed by atoms with van der Waals surface area (Å²) in [6.07, 6.45) is 0.635. The van der Waals surface area contributed by atoms with Gasteiger partial charge in [-0.2, -0.15) is 0 Å². The number of nitrogens with zero attached hydrogens (tertiary/aromatic N) is 2. The van der Waals surface area contributed by atoms with E-state index >= 15 is 0 Å². The number of nitro groups is 1. The van der Waals surface area contributed by atoms with Gasteiger partial charge in [0.25, 0.3) is 11.2 Å². The number of benzene rings is 2. The van der Waals surface area contributed by atoms with Crippen molar-refractivity contribution in [3.63, 3.8) is 0 Å². The molecule has 0 radical (unpaired) electrons. The van der Waals surface area contributed by atoms with E-state index in [0.717, 1.165) is 10.3 Å². The van der Waals surface area contributed by atoms with Gasteiger partial charge in [-0.25, -0.2) is 0 Å². The van der Waals surface area contributed by atoms with Crippen LogP contribution in [0.2, 0.25) is 5.02 Å². The maximum absolute atomic E-state index is 12.9. The third-order valence-corrected chi connectivity index (χ3v) is 6.07. The number of nitro benzene ring substituents is 1. The summed E-state index contributed by atoms with van der Waals surface area (Å²) in [4.78, 5) is 26.6. The Morgan fingerprint density at radius 3 is 2.67 bits per heavy atom. The van der Waals surface area contributed by atoms with Crippen LogP contribution in [-0.4, -0.2) is 14.5 Å². The lowest BCUT2D eigenvalue weighted by Crippen LogP contribution is -2.22. The Hall–Kier alpha value is -2.55. The average molecular weight is 418 g/mol. The third-order valence-electron chi connectivity index (χ3n) is 4.34. The molecule has 6 nitrogen and oxygen atoms in total. The molecule has 0 saturated carbocycles. The van der Waals surface area contributed by atoms with Crippen molar-refractivity contribution in [1.82, 2.24) is 9.55 Å². The van der Waals surface area contributed by atoms with Gasteiger partial charge in [-0.05, 0) is 42.4 Å². The molecule has 0 unspecified atom stereocenters. The van der Waals surface area contributed by atoms with Crippen LogP contribution in [0.5, 0.6) is 0 Å². The van der Waals surface area contributed by atoms with Crippen LogP contribution in [0.4, 0.5) is 5.69 Å². The van der Waals surface area contributed by atoms with E-state index < -0.39 is 4.92 Å². The predicted octanol–water partition coefficient (Wildman–Crippen LogP) is 5.08. The van der Waals surface area contributed by atoms with Crippen molar-refractivity contribution in [3.8, 4) is 0 Å². The Morgan fingerprint density at radius 1 is 1.22 bits per heavy atom. The lowest BCUT2D eigenvalue weighted by molar-refractivity contribution is -0.384. The topological polar surface area (TPSA) is 80.9 Å². The smallest absolute Gasteiger partial charge is 0.272 e. The number of hydrogen-bond acceptors (Lipinski definition) is 5. The van der Waals surface area contributed by atoms with Gasteiger partial charge in [-0.3, -0.25) is 19.5 Å². The van der Waals surface area contributed by atoms with E-state index in [1.807, 2.05) is 24.3 Å².